The Morgan fingerprint density at radius 3 is 1.28 bits per heavy atom. The number of hydrogen-bond acceptors (Lipinski definition) is 26. The van der Waals surface area contributed by atoms with Gasteiger partial charge in [0.25, 0.3) is 0 Å². The Bertz CT molecular complexity index is 2140. The average molecular weight is 2030 g/mol. The molecular weight excluding hydrogens is 1820 g/mol. The van der Waals surface area contributed by atoms with E-state index in [0.29, 0.717) is 57.8 Å². The third kappa shape index (κ3) is 115. The molecule has 5 fully saturated rings. The Labute approximate surface area is 814 Å². The van der Waals surface area contributed by atoms with Gasteiger partial charge in [-0.05, 0) is 201 Å². The van der Waals surface area contributed by atoms with E-state index in [9.17, 15) is 24.6 Å². The first-order valence-electron chi connectivity index (χ1n) is 50.2. The van der Waals surface area contributed by atoms with Gasteiger partial charge in [-0.2, -0.15) is 0 Å². The minimum absolute atomic E-state index is 0.0294. The monoisotopic (exact) mass is 2030 g/mol. The molecule has 3 saturated heterocycles. The maximum Gasteiger partial charge on any atom is 0.302 e. The summed E-state index contributed by atoms with van der Waals surface area (Å²) in [7, 11) is 23.5. The first-order chi connectivity index (χ1) is 60.9. The van der Waals surface area contributed by atoms with E-state index in [1.165, 1.54) is 313 Å². The summed E-state index contributed by atoms with van der Waals surface area (Å²) >= 11 is 0. The van der Waals surface area contributed by atoms with Crippen LogP contribution in [0.3, 0.4) is 0 Å². The van der Waals surface area contributed by atoms with Gasteiger partial charge < -0.3 is 110 Å². The highest BCUT2D eigenvalue weighted by Crippen LogP contribution is 2.31. The highest BCUT2D eigenvalue weighted by atomic mass is 28.2. The molecule has 2 aliphatic carbocycles. The molecule has 3 heterocycles. The average Bonchev–Trinajstić information content (AvgIpc) is 1.44. The Hall–Kier alpha value is 0.213. The van der Waals surface area contributed by atoms with Gasteiger partial charge >= 0.3 is 17.9 Å². The van der Waals surface area contributed by atoms with Crippen molar-refractivity contribution in [3.63, 3.8) is 0 Å². The van der Waals surface area contributed by atoms with Crippen LogP contribution in [0.25, 0.3) is 0 Å². The predicted molar refractivity (Wildman–Crippen MR) is 570 cm³/mol. The van der Waals surface area contributed by atoms with Gasteiger partial charge in [-0.3, -0.25) is 14.4 Å². The highest BCUT2D eigenvalue weighted by Gasteiger charge is 2.32. The number of carbonyl (C=O) groups is 3. The molecule has 26 nitrogen and oxygen atoms in total. The zero-order valence-electron chi connectivity index (χ0n) is 87.5. The fourth-order valence-corrected chi connectivity index (χ4v) is 16.3. The van der Waals surface area contributed by atoms with Crippen molar-refractivity contribution >= 4 is 141 Å². The molecule has 0 amide bonds. The highest BCUT2D eigenvalue weighted by molar-refractivity contribution is 6.10. The zero-order chi connectivity index (χ0) is 97.1. The fourth-order valence-electron chi connectivity index (χ4n) is 11.8. The molecule has 12 unspecified atom stereocenters. The lowest BCUT2D eigenvalue weighted by atomic mass is 9.84. The lowest BCUT2D eigenvalue weighted by molar-refractivity contribution is -0.162. The van der Waals surface area contributed by atoms with Gasteiger partial charge in [0.1, 0.15) is 31.2 Å². The van der Waals surface area contributed by atoms with Crippen LogP contribution >= 0.6 is 0 Å². The lowest BCUT2D eigenvalue weighted by Gasteiger charge is -2.32. The van der Waals surface area contributed by atoms with Gasteiger partial charge in [0.05, 0.1) is 69.2 Å². The van der Waals surface area contributed by atoms with Crippen molar-refractivity contribution in [2.24, 2.45) is 11.8 Å². The summed E-state index contributed by atoms with van der Waals surface area (Å²) < 4.78 is 104. The van der Waals surface area contributed by atoms with Crippen LogP contribution in [-0.2, 0) is 109 Å². The molecule has 127 heavy (non-hydrogen) atoms. The molecule has 5 rings (SSSR count). The molecule has 770 valence electrons. The van der Waals surface area contributed by atoms with Gasteiger partial charge in [0, 0.05) is 265 Å². The van der Waals surface area contributed by atoms with Crippen LogP contribution in [-0.4, -0.2) is 390 Å². The summed E-state index contributed by atoms with van der Waals surface area (Å²) in [5, 5.41) is 28.5. The van der Waals surface area contributed by atoms with Crippen molar-refractivity contribution in [1.82, 2.24) is 0 Å². The topological polar surface area (TPSA) is 296 Å². The molecule has 0 spiro atoms. The first kappa shape index (κ1) is 140. The SMILES string of the molecule is CC(=O)OC1CC(CC[SiH3])CCC1O.CC(=O)OC1CCC(CC[SiH3])CC1O.CC(=O)OCCC[SiH3].CC(C)(C)OCCC[SiH3].CCC(C)(C)OCCC[SiH3].COC(C)OCCC[SiH3].COCC(COCCC[SiH3])OC.COCC(O)COCCC[SiH3].COCOCCC[SiH3].[SiH3]CCCOC1CCCCO1.[SiH3]CCCOC1CCCO1.[SiH3]CCCOCC1CCCO1. The second kappa shape index (κ2) is 110. The summed E-state index contributed by atoms with van der Waals surface area (Å²) in [4.78, 5) is 31.6. The van der Waals surface area contributed by atoms with Crippen LogP contribution in [0.5, 0.6) is 0 Å². The van der Waals surface area contributed by atoms with Crippen LogP contribution in [0.2, 0.25) is 72.5 Å². The number of aliphatic hydroxyl groups is 3. The maximum absolute atomic E-state index is 10.8. The van der Waals surface area contributed by atoms with E-state index < -0.39 is 18.3 Å². The Balaban J connectivity index is -0.000000248. The minimum Gasteiger partial charge on any atom is -0.466 e. The third-order valence-electron chi connectivity index (χ3n) is 20.0. The molecule has 3 aliphatic heterocycles. The minimum atomic E-state index is -0.464. The quantitative estimate of drug-likeness (QED) is 0.0259. The molecule has 0 radical (unpaired) electrons. The molecule has 0 bridgehead atoms. The van der Waals surface area contributed by atoms with Crippen molar-refractivity contribution in [3.8, 4) is 0 Å². The Morgan fingerprint density at radius 2 is 0.858 bits per heavy atom. The summed E-state index contributed by atoms with van der Waals surface area (Å²) in [5.74, 6) is 0.575. The fraction of sp³-hybridized carbons (Fsp3) is 0.966. The van der Waals surface area contributed by atoms with Gasteiger partial charge in [-0.15, -0.1) is 0 Å². The number of esters is 3. The van der Waals surface area contributed by atoms with Crippen molar-refractivity contribution in [1.29, 1.82) is 0 Å². The summed E-state index contributed by atoms with van der Waals surface area (Å²) in [5.41, 5.74) is 0.174. The number of rotatable bonds is 55. The van der Waals surface area contributed by atoms with Gasteiger partial charge in [-0.1, -0.05) is 92.3 Å². The van der Waals surface area contributed by atoms with Crippen LogP contribution < -0.4 is 0 Å². The third-order valence-corrected chi connectivity index (χ3v) is 28.2. The number of aliphatic hydroxyl groups excluding tert-OH is 3. The zero-order valence-corrected chi connectivity index (χ0v) is 111. The molecule has 3 N–H and O–H groups in total. The normalized spacial score (nSPS) is 20.1. The maximum atomic E-state index is 10.8. The van der Waals surface area contributed by atoms with E-state index in [4.69, 9.17) is 90.4 Å². The standard InChI is InChI=1S/2C10H20O3Si.C8H20O3Si.2C8H18O2Si.C8H20OSi.C7H18O3Si.C7H16O2Si.C7H18OSi.C6H16O2Si.C5H14O2Si.C5H12O2Si/c1-7(11)13-10-3-2-8(4-5-14)6-9(10)12;1-7(11)13-10-6-8(4-5-14)2-3-9(10)12;1-9-6-8(10-2)7-11-4-3-5-12;11-6-2-4-9-7-8-3-1-5-10-8;11-7-3-6-10-8-4-1-2-5-9-8;1-4-8(2,3)9-6-5-7-10;1-9-5-7(8)6-10-3-2-4-11;10-6-2-5-9-7-3-1-4-8-7;1-7(2,3)8-5-4-6-9;1-6(7-2)8-4-3-5-9;1-6-5-7-3-2-4-8;1-5(6)7-3-2-4-8/h2*8-10,12H,2-6H2,1,14H3;8H,3-7H2,1-2,12H3;2*8H,1-7H2,11H3;4-7H2,1-3,10H3;7-8H,2-6H2,1,11H3;7H,1-6H2,10H3;4-6H2,1-3,9H3;6H,3-5H2,1-2,9H3;2-5H2,1,8H3;2-4H2,1,8H3. The van der Waals surface area contributed by atoms with Gasteiger partial charge in [0.15, 0.2) is 18.9 Å². The smallest absolute Gasteiger partial charge is 0.302 e. The molecule has 0 aromatic rings. The largest absolute Gasteiger partial charge is 0.466 e. The molecule has 38 heteroatoms. The molecule has 0 aromatic heterocycles. The van der Waals surface area contributed by atoms with E-state index in [1.807, 2.05) is 6.92 Å². The number of methoxy groups -OCH3 is 5. The van der Waals surface area contributed by atoms with Crippen LogP contribution in [0, 0.1) is 11.8 Å². The summed E-state index contributed by atoms with van der Waals surface area (Å²) in [6, 6.07) is 15.8. The van der Waals surface area contributed by atoms with E-state index in [0.717, 1.165) is 157 Å². The van der Waals surface area contributed by atoms with E-state index in [2.05, 4.69) is 51.0 Å². The predicted octanol–water partition coefficient (Wildman–Crippen LogP) is 2.91. The van der Waals surface area contributed by atoms with E-state index in [1.54, 1.807) is 35.5 Å². The molecule has 2 saturated carbocycles. The molecule has 12 atom stereocenters. The van der Waals surface area contributed by atoms with Crippen LogP contribution in [0.1, 0.15) is 236 Å². The summed E-state index contributed by atoms with van der Waals surface area (Å²) in [6.45, 7) is 33.5. The van der Waals surface area contributed by atoms with Crippen LogP contribution in [0.15, 0.2) is 0 Å². The number of carbonyl (C=O) groups excluding carboxylic acids is 3. The van der Waals surface area contributed by atoms with E-state index in [-0.39, 0.29) is 66.3 Å². The van der Waals surface area contributed by atoms with Gasteiger partial charge in [0.2, 0.25) is 0 Å². The second-order valence-corrected chi connectivity index (χ2v) is 46.4. The van der Waals surface area contributed by atoms with E-state index >= 15 is 0 Å². The van der Waals surface area contributed by atoms with Crippen molar-refractivity contribution in [3.05, 3.63) is 0 Å². The number of hydrogen-bond donors (Lipinski definition) is 3. The first-order valence-corrected chi connectivity index (χ1v) is 67.2. The Morgan fingerprint density at radius 1 is 0.417 bits per heavy atom. The summed E-state index contributed by atoms with van der Waals surface area (Å²) in [6.07, 6.45) is 28.0. The lowest BCUT2D eigenvalue weighted by Crippen LogP contribution is -2.37. The van der Waals surface area contributed by atoms with Gasteiger partial charge in [-0.25, -0.2) is 0 Å². The van der Waals surface area contributed by atoms with Crippen molar-refractivity contribution in [2.75, 3.05) is 161 Å². The van der Waals surface area contributed by atoms with Crippen molar-refractivity contribution < 1.29 is 124 Å². The molecule has 5 aliphatic rings. The second-order valence-electron chi connectivity index (χ2n) is 34.4. The van der Waals surface area contributed by atoms with Crippen LogP contribution in [0.4, 0.5) is 0 Å². The molecule has 0 aromatic carbocycles. The number of ether oxygens (including phenoxy) is 20. The Kier molecular flexibility index (Phi) is 121. The van der Waals surface area contributed by atoms with Crippen molar-refractivity contribution in [2.45, 2.75) is 382 Å². The molecular formula is C89H210O26Si12.